The molecule has 0 saturated heterocycles. The lowest BCUT2D eigenvalue weighted by atomic mass is 10.1. The molecule has 1 heterocycles. The number of nitrogens with one attached hydrogen (secondary N) is 1. The molecule has 3 aromatic rings. The Morgan fingerprint density at radius 3 is 2.79 bits per heavy atom. The summed E-state index contributed by atoms with van der Waals surface area (Å²) in [5, 5.41) is 13.4. The van der Waals surface area contributed by atoms with Crippen molar-refractivity contribution >= 4 is 34.3 Å². The lowest BCUT2D eigenvalue weighted by Gasteiger charge is -2.11. The molecular formula is C22H22ClN3O3. The van der Waals surface area contributed by atoms with Crippen molar-refractivity contribution in [2.45, 2.75) is 19.9 Å². The molecule has 6 nitrogen and oxygen atoms in total. The first kappa shape index (κ1) is 20.6. The molecule has 0 bridgehead atoms. The molecule has 1 N–H and O–H groups in total. The van der Waals surface area contributed by atoms with E-state index in [1.165, 1.54) is 0 Å². The molecule has 3 rings (SSSR count). The van der Waals surface area contributed by atoms with Gasteiger partial charge in [-0.3, -0.25) is 5.32 Å². The molecule has 0 aliphatic rings. The minimum atomic E-state index is -0.534. The molecule has 150 valence electrons. The van der Waals surface area contributed by atoms with Crippen LogP contribution in [0.3, 0.4) is 0 Å². The second kappa shape index (κ2) is 9.35. The number of amides is 1. The highest BCUT2D eigenvalue weighted by molar-refractivity contribution is 6.17. The maximum absolute atomic E-state index is 11.9. The van der Waals surface area contributed by atoms with Gasteiger partial charge in [0.05, 0.1) is 30.5 Å². The van der Waals surface area contributed by atoms with E-state index in [0.717, 1.165) is 27.9 Å². The van der Waals surface area contributed by atoms with E-state index in [9.17, 15) is 10.1 Å². The maximum atomic E-state index is 11.9. The Bertz CT molecular complexity index is 1070. The Kier molecular flexibility index (Phi) is 6.63. The first-order valence-corrected chi connectivity index (χ1v) is 9.86. The number of benzene rings is 2. The summed E-state index contributed by atoms with van der Waals surface area (Å²) in [6.07, 6.45) is 0.0641. The van der Waals surface area contributed by atoms with Crippen LogP contribution in [0.4, 0.5) is 10.5 Å². The van der Waals surface area contributed by atoms with E-state index in [1.54, 1.807) is 13.2 Å². The van der Waals surface area contributed by atoms with Crippen LogP contribution in [0.25, 0.3) is 22.2 Å². The van der Waals surface area contributed by atoms with E-state index >= 15 is 0 Å². The van der Waals surface area contributed by atoms with Crippen LogP contribution < -0.4 is 10.1 Å². The number of halogens is 1. The Morgan fingerprint density at radius 1 is 1.28 bits per heavy atom. The summed E-state index contributed by atoms with van der Waals surface area (Å²) in [6, 6.07) is 15.4. The molecule has 0 fully saturated rings. The van der Waals surface area contributed by atoms with Crippen LogP contribution in [-0.2, 0) is 11.3 Å². The van der Waals surface area contributed by atoms with Crippen LogP contribution >= 0.6 is 11.6 Å². The average Bonchev–Trinajstić information content (AvgIpc) is 3.06. The van der Waals surface area contributed by atoms with Gasteiger partial charge in [0.25, 0.3) is 0 Å². The van der Waals surface area contributed by atoms with Crippen LogP contribution in [0.5, 0.6) is 5.75 Å². The molecular weight excluding hydrogens is 390 g/mol. The highest BCUT2D eigenvalue weighted by Gasteiger charge is 2.19. The van der Waals surface area contributed by atoms with Crippen molar-refractivity contribution in [3.05, 3.63) is 48.0 Å². The smallest absolute Gasteiger partial charge is 0.411 e. The Morgan fingerprint density at radius 2 is 2.10 bits per heavy atom. The molecule has 1 aromatic heterocycles. The second-order valence-corrected chi connectivity index (χ2v) is 6.72. The van der Waals surface area contributed by atoms with E-state index in [-0.39, 0.29) is 6.61 Å². The van der Waals surface area contributed by atoms with Gasteiger partial charge >= 0.3 is 6.09 Å². The third-order valence-electron chi connectivity index (χ3n) is 4.59. The van der Waals surface area contributed by atoms with Crippen LogP contribution in [0.15, 0.2) is 42.5 Å². The van der Waals surface area contributed by atoms with Gasteiger partial charge in [0.2, 0.25) is 0 Å². The van der Waals surface area contributed by atoms with Crippen LogP contribution in [0.2, 0.25) is 0 Å². The largest absolute Gasteiger partial charge is 0.497 e. The number of anilines is 1. The maximum Gasteiger partial charge on any atom is 0.411 e. The standard InChI is InChI=1S/C22H22ClN3O3/c1-3-26-20-13-17(28-2)8-9-18(20)19(14-24)21(26)15-6-4-7-16(12-15)25-22(27)29-11-5-10-23/h4,6-9,12-13H,3,5,10-11H2,1-2H3,(H,25,27). The minimum absolute atomic E-state index is 0.263. The molecule has 0 saturated carbocycles. The summed E-state index contributed by atoms with van der Waals surface area (Å²) in [5.74, 6) is 1.17. The lowest BCUT2D eigenvalue weighted by molar-refractivity contribution is 0.162. The number of carbonyl (C=O) groups is 1. The summed E-state index contributed by atoms with van der Waals surface area (Å²) in [4.78, 5) is 11.9. The molecule has 0 unspecified atom stereocenters. The quantitative estimate of drug-likeness (QED) is 0.418. The Balaban J connectivity index is 2.02. The van der Waals surface area contributed by atoms with Gasteiger partial charge in [-0.2, -0.15) is 5.26 Å². The fraction of sp³-hybridized carbons (Fsp3) is 0.273. The minimum Gasteiger partial charge on any atom is -0.497 e. The SMILES string of the molecule is CCn1c(-c2cccc(NC(=O)OCCCCl)c2)c(C#N)c2ccc(OC)cc21. The third-order valence-corrected chi connectivity index (χ3v) is 4.86. The first-order valence-electron chi connectivity index (χ1n) is 9.33. The molecule has 0 aliphatic carbocycles. The lowest BCUT2D eigenvalue weighted by Crippen LogP contribution is -2.14. The molecule has 29 heavy (non-hydrogen) atoms. The van der Waals surface area contributed by atoms with Crippen molar-refractivity contribution in [3.63, 3.8) is 0 Å². The normalized spacial score (nSPS) is 10.6. The fourth-order valence-electron chi connectivity index (χ4n) is 3.32. The van der Waals surface area contributed by atoms with Gasteiger partial charge in [-0.25, -0.2) is 4.79 Å². The predicted octanol–water partition coefficient (Wildman–Crippen LogP) is 5.39. The van der Waals surface area contributed by atoms with Crippen molar-refractivity contribution in [2.24, 2.45) is 0 Å². The zero-order valence-electron chi connectivity index (χ0n) is 16.4. The fourth-order valence-corrected chi connectivity index (χ4v) is 3.42. The number of rotatable bonds is 7. The molecule has 0 radical (unpaired) electrons. The van der Waals surface area contributed by atoms with Gasteiger partial charge < -0.3 is 14.0 Å². The van der Waals surface area contributed by atoms with Crippen molar-refractivity contribution in [1.29, 1.82) is 5.26 Å². The van der Waals surface area contributed by atoms with Gasteiger partial charge in [-0.15, -0.1) is 11.6 Å². The number of aryl methyl sites for hydroxylation is 1. The zero-order chi connectivity index (χ0) is 20.8. The number of fused-ring (bicyclic) bond motifs is 1. The van der Waals surface area contributed by atoms with Crippen LogP contribution in [-0.4, -0.2) is 30.3 Å². The zero-order valence-corrected chi connectivity index (χ0v) is 17.1. The van der Waals surface area contributed by atoms with Crippen molar-refractivity contribution in [3.8, 4) is 23.1 Å². The van der Waals surface area contributed by atoms with E-state index in [1.807, 2.05) is 43.3 Å². The summed E-state index contributed by atoms with van der Waals surface area (Å²) in [5.41, 5.74) is 3.74. The highest BCUT2D eigenvalue weighted by Crippen LogP contribution is 2.36. The van der Waals surface area contributed by atoms with Gasteiger partial charge in [0.15, 0.2) is 0 Å². The van der Waals surface area contributed by atoms with E-state index < -0.39 is 6.09 Å². The first-order chi connectivity index (χ1) is 14.1. The number of hydrogen-bond donors (Lipinski definition) is 1. The molecule has 0 atom stereocenters. The summed E-state index contributed by atoms with van der Waals surface area (Å²) < 4.78 is 12.5. The summed E-state index contributed by atoms with van der Waals surface area (Å²) in [6.45, 7) is 2.97. The number of alkyl halides is 1. The van der Waals surface area contributed by atoms with Gasteiger partial charge in [-0.05, 0) is 37.6 Å². The predicted molar refractivity (Wildman–Crippen MR) is 115 cm³/mol. The molecule has 0 spiro atoms. The third kappa shape index (κ3) is 4.30. The van der Waals surface area contributed by atoms with E-state index in [2.05, 4.69) is 16.0 Å². The van der Waals surface area contributed by atoms with Crippen molar-refractivity contribution in [2.75, 3.05) is 24.9 Å². The Hall–Kier alpha value is -3.17. The number of carbonyl (C=O) groups excluding carboxylic acids is 1. The molecule has 7 heteroatoms. The topological polar surface area (TPSA) is 76.3 Å². The average molecular weight is 412 g/mol. The van der Waals surface area contributed by atoms with E-state index in [0.29, 0.717) is 30.1 Å². The molecule has 2 aromatic carbocycles. The van der Waals surface area contributed by atoms with Gasteiger partial charge in [-0.1, -0.05) is 12.1 Å². The monoisotopic (exact) mass is 411 g/mol. The molecule has 0 aliphatic heterocycles. The number of nitrogens with zero attached hydrogens (tertiary/aromatic N) is 2. The number of aromatic nitrogens is 1. The number of nitriles is 1. The van der Waals surface area contributed by atoms with Gasteiger partial charge in [0, 0.05) is 35.1 Å². The summed E-state index contributed by atoms with van der Waals surface area (Å²) >= 11 is 5.60. The van der Waals surface area contributed by atoms with Crippen LogP contribution in [0.1, 0.15) is 18.9 Å². The van der Waals surface area contributed by atoms with Crippen molar-refractivity contribution < 1.29 is 14.3 Å². The number of ether oxygens (including phenoxy) is 2. The number of hydrogen-bond acceptors (Lipinski definition) is 4. The van der Waals surface area contributed by atoms with Crippen LogP contribution in [0, 0.1) is 11.3 Å². The number of methoxy groups -OCH3 is 1. The van der Waals surface area contributed by atoms with Crippen molar-refractivity contribution in [1.82, 2.24) is 4.57 Å². The summed E-state index contributed by atoms with van der Waals surface area (Å²) in [7, 11) is 1.62. The highest BCUT2D eigenvalue weighted by atomic mass is 35.5. The Labute approximate surface area is 174 Å². The van der Waals surface area contributed by atoms with Gasteiger partial charge in [0.1, 0.15) is 11.8 Å². The van der Waals surface area contributed by atoms with E-state index in [4.69, 9.17) is 21.1 Å². The molecule has 1 amide bonds. The second-order valence-electron chi connectivity index (χ2n) is 6.35.